The normalized spacial score (nSPS) is 20.9. The van der Waals surface area contributed by atoms with Crippen LogP contribution in [0.25, 0.3) is 0 Å². The summed E-state index contributed by atoms with van der Waals surface area (Å²) in [6, 6.07) is 9.83. The molecule has 2 N–H and O–H groups in total. The molecule has 1 fully saturated rings. The quantitative estimate of drug-likeness (QED) is 0.409. The van der Waals surface area contributed by atoms with E-state index < -0.39 is 37.9 Å². The molecule has 2 heterocycles. The molecule has 2 aromatic rings. The van der Waals surface area contributed by atoms with Gasteiger partial charge in [-0.15, -0.1) is 0 Å². The van der Waals surface area contributed by atoms with Crippen molar-refractivity contribution in [2.24, 2.45) is 0 Å². The van der Waals surface area contributed by atoms with Crippen LogP contribution < -0.4 is 11.4 Å². The first kappa shape index (κ1) is 24.1. The Kier molecular flexibility index (Phi) is 8.16. The molecule has 1 aliphatic rings. The maximum atomic E-state index is 12.7. The number of rotatable bonds is 10. The summed E-state index contributed by atoms with van der Waals surface area (Å²) in [5, 5.41) is 0. The molecule has 0 saturated carbocycles. The van der Waals surface area contributed by atoms with Crippen LogP contribution in [0.15, 0.2) is 47.4 Å². The van der Waals surface area contributed by atoms with Crippen molar-refractivity contribution >= 4 is 19.4 Å². The number of nitrogens with two attached hydrogens (primary N) is 1. The van der Waals surface area contributed by atoms with Crippen LogP contribution in [-0.2, 0) is 27.8 Å². The van der Waals surface area contributed by atoms with Crippen LogP contribution in [0.4, 0.5) is 5.82 Å². The number of hydrogen-bond acceptors (Lipinski definition) is 10. The van der Waals surface area contributed by atoms with Crippen molar-refractivity contribution in [1.82, 2.24) is 9.55 Å². The standard InChI is InChI=1S/C20H26N3O8P/c1-3-28-32(26,29-4-2)13-27-17-12-15(30-19(24)14-8-6-5-7-9-14)18(31-17)23-11-10-16(21)22-20(23)25/h5-11,15,17-18H,3-4,12-13H2,1-2H3,(H2,21,22,25)/t15?,17-,18+/m0/s1. The fourth-order valence-corrected chi connectivity index (χ4v) is 4.50. The minimum Gasteiger partial charge on any atom is -0.454 e. The average molecular weight is 467 g/mol. The lowest BCUT2D eigenvalue weighted by Gasteiger charge is -2.21. The number of ether oxygens (including phenoxy) is 3. The summed E-state index contributed by atoms with van der Waals surface area (Å²) in [4.78, 5) is 28.6. The van der Waals surface area contributed by atoms with Gasteiger partial charge in [0.15, 0.2) is 25.0 Å². The predicted octanol–water partition coefficient (Wildman–Crippen LogP) is 2.54. The van der Waals surface area contributed by atoms with E-state index in [0.717, 1.165) is 4.57 Å². The SMILES string of the molecule is CCOP(=O)(CO[C@@H]1CC(OC(=O)c2ccccc2)[C@H](n2ccc(N)nc2=O)O1)OCC. The molecule has 0 aliphatic carbocycles. The number of anilines is 1. The van der Waals surface area contributed by atoms with Gasteiger partial charge >= 0.3 is 19.3 Å². The second kappa shape index (κ2) is 10.8. The van der Waals surface area contributed by atoms with Crippen molar-refractivity contribution in [3.05, 3.63) is 58.6 Å². The lowest BCUT2D eigenvalue weighted by molar-refractivity contribution is -0.148. The van der Waals surface area contributed by atoms with E-state index >= 15 is 0 Å². The Balaban J connectivity index is 1.78. The Morgan fingerprint density at radius 3 is 2.53 bits per heavy atom. The van der Waals surface area contributed by atoms with Crippen molar-refractivity contribution in [3.63, 3.8) is 0 Å². The molecule has 1 saturated heterocycles. The van der Waals surface area contributed by atoms with Crippen molar-refractivity contribution in [2.75, 3.05) is 25.3 Å². The molecule has 1 unspecified atom stereocenters. The highest BCUT2D eigenvalue weighted by molar-refractivity contribution is 7.53. The van der Waals surface area contributed by atoms with Gasteiger partial charge in [-0.3, -0.25) is 9.13 Å². The molecule has 3 atom stereocenters. The molecule has 0 bridgehead atoms. The molecule has 32 heavy (non-hydrogen) atoms. The average Bonchev–Trinajstić information content (AvgIpc) is 3.16. The van der Waals surface area contributed by atoms with Gasteiger partial charge in [-0.2, -0.15) is 4.98 Å². The number of nitrogen functional groups attached to an aromatic ring is 1. The van der Waals surface area contributed by atoms with Crippen molar-refractivity contribution in [1.29, 1.82) is 0 Å². The van der Waals surface area contributed by atoms with Gasteiger partial charge in [0.05, 0.1) is 18.8 Å². The third-order valence-electron chi connectivity index (χ3n) is 4.50. The fraction of sp³-hybridized carbons (Fsp3) is 0.450. The number of benzene rings is 1. The Morgan fingerprint density at radius 1 is 1.22 bits per heavy atom. The van der Waals surface area contributed by atoms with E-state index in [4.69, 9.17) is 29.0 Å². The van der Waals surface area contributed by atoms with Crippen LogP contribution in [0, 0.1) is 0 Å². The summed E-state index contributed by atoms with van der Waals surface area (Å²) in [6.07, 6.45) is -1.72. The molecule has 11 nitrogen and oxygen atoms in total. The molecule has 0 amide bonds. The van der Waals surface area contributed by atoms with Crippen LogP contribution in [0.5, 0.6) is 0 Å². The first-order valence-corrected chi connectivity index (χ1v) is 11.8. The monoisotopic (exact) mass is 467 g/mol. The van der Waals surface area contributed by atoms with Crippen molar-refractivity contribution in [2.45, 2.75) is 38.9 Å². The summed E-state index contributed by atoms with van der Waals surface area (Å²) < 4.78 is 41.3. The molecule has 12 heteroatoms. The maximum Gasteiger partial charge on any atom is 0.356 e. The molecule has 3 rings (SSSR count). The number of carbonyl (C=O) groups is 1. The first-order valence-electron chi connectivity index (χ1n) is 10.1. The van der Waals surface area contributed by atoms with Gasteiger partial charge in [-0.05, 0) is 32.0 Å². The second-order valence-electron chi connectivity index (χ2n) is 6.79. The number of hydrogen-bond donors (Lipinski definition) is 1. The van der Waals surface area contributed by atoms with Gasteiger partial charge in [0.2, 0.25) is 0 Å². The lowest BCUT2D eigenvalue weighted by atomic mass is 10.2. The lowest BCUT2D eigenvalue weighted by Crippen LogP contribution is -2.34. The highest BCUT2D eigenvalue weighted by atomic mass is 31.2. The Bertz CT molecular complexity index is 1010. The van der Waals surface area contributed by atoms with Gasteiger partial charge in [-0.25, -0.2) is 9.59 Å². The number of esters is 1. The molecular formula is C20H26N3O8P. The number of nitrogens with zero attached hydrogens (tertiary/aromatic N) is 2. The molecular weight excluding hydrogens is 441 g/mol. The number of carbonyl (C=O) groups excluding carboxylic acids is 1. The molecule has 1 aromatic carbocycles. The van der Waals surface area contributed by atoms with Crippen molar-refractivity contribution in [3.8, 4) is 0 Å². The summed E-state index contributed by atoms with van der Waals surface area (Å²) >= 11 is 0. The summed E-state index contributed by atoms with van der Waals surface area (Å²) in [5.41, 5.74) is 5.23. The summed E-state index contributed by atoms with van der Waals surface area (Å²) in [6.45, 7) is 3.73. The van der Waals surface area contributed by atoms with Crippen LogP contribution in [0.3, 0.4) is 0 Å². The van der Waals surface area contributed by atoms with E-state index in [0.29, 0.717) is 5.56 Å². The van der Waals surface area contributed by atoms with Gasteiger partial charge in [-0.1, -0.05) is 18.2 Å². The first-order chi connectivity index (χ1) is 15.3. The van der Waals surface area contributed by atoms with Gasteiger partial charge in [0, 0.05) is 12.6 Å². The van der Waals surface area contributed by atoms with E-state index in [1.54, 1.807) is 44.2 Å². The predicted molar refractivity (Wildman–Crippen MR) is 114 cm³/mol. The minimum absolute atomic E-state index is 0.0456. The minimum atomic E-state index is -3.48. The molecule has 0 radical (unpaired) electrons. The topological polar surface area (TPSA) is 141 Å². The molecule has 1 aromatic heterocycles. The van der Waals surface area contributed by atoms with E-state index in [9.17, 15) is 14.2 Å². The van der Waals surface area contributed by atoms with Crippen LogP contribution in [0.2, 0.25) is 0 Å². The van der Waals surface area contributed by atoms with Crippen molar-refractivity contribution < 1.29 is 32.6 Å². The van der Waals surface area contributed by atoms with Gasteiger partial charge in [0.25, 0.3) is 0 Å². The smallest absolute Gasteiger partial charge is 0.356 e. The zero-order valence-corrected chi connectivity index (χ0v) is 18.7. The molecule has 174 valence electrons. The third-order valence-corrected chi connectivity index (χ3v) is 6.27. The fourth-order valence-electron chi connectivity index (χ4n) is 3.14. The van der Waals surface area contributed by atoms with Crippen LogP contribution in [-0.4, -0.2) is 47.5 Å². The van der Waals surface area contributed by atoms with E-state index in [2.05, 4.69) is 4.98 Å². The zero-order chi connectivity index (χ0) is 23.1. The molecule has 0 spiro atoms. The zero-order valence-electron chi connectivity index (χ0n) is 17.8. The summed E-state index contributed by atoms with van der Waals surface area (Å²) in [7, 11) is -3.48. The van der Waals surface area contributed by atoms with E-state index in [1.165, 1.54) is 12.3 Å². The molecule has 1 aliphatic heterocycles. The maximum absolute atomic E-state index is 12.7. The second-order valence-corrected chi connectivity index (χ2v) is 8.78. The highest BCUT2D eigenvalue weighted by Crippen LogP contribution is 2.48. The van der Waals surface area contributed by atoms with E-state index in [1.807, 2.05) is 0 Å². The third kappa shape index (κ3) is 6.02. The largest absolute Gasteiger partial charge is 0.454 e. The Morgan fingerprint density at radius 2 is 1.91 bits per heavy atom. The number of aromatic nitrogens is 2. The van der Waals surface area contributed by atoms with Gasteiger partial charge < -0.3 is 29.0 Å². The summed E-state index contributed by atoms with van der Waals surface area (Å²) in [5.74, 6) is -0.542. The van der Waals surface area contributed by atoms with Crippen LogP contribution >= 0.6 is 7.60 Å². The Labute approximate surface area is 184 Å². The highest BCUT2D eigenvalue weighted by Gasteiger charge is 2.42. The van der Waals surface area contributed by atoms with Crippen LogP contribution in [0.1, 0.15) is 36.9 Å². The van der Waals surface area contributed by atoms with Gasteiger partial charge in [0.1, 0.15) is 5.82 Å². The Hall–Kier alpha value is -2.56. The van der Waals surface area contributed by atoms with E-state index in [-0.39, 0.29) is 31.8 Å².